The Labute approximate surface area is 140 Å². The first-order valence-electron chi connectivity index (χ1n) is 7.82. The molecule has 130 valence electrons. The lowest BCUT2D eigenvalue weighted by molar-refractivity contribution is -0.385. The van der Waals surface area contributed by atoms with Crippen LogP contribution in [0.3, 0.4) is 0 Å². The van der Waals surface area contributed by atoms with E-state index in [1.54, 1.807) is 25.2 Å². The van der Waals surface area contributed by atoms with Crippen LogP contribution in [0.2, 0.25) is 0 Å². The Balaban J connectivity index is 1.95. The van der Waals surface area contributed by atoms with Gasteiger partial charge in [-0.15, -0.1) is 0 Å². The van der Waals surface area contributed by atoms with Crippen LogP contribution >= 0.6 is 0 Å². The van der Waals surface area contributed by atoms with E-state index >= 15 is 0 Å². The maximum absolute atomic E-state index is 11.6. The van der Waals surface area contributed by atoms with Crippen molar-refractivity contribution in [3.8, 4) is 0 Å². The van der Waals surface area contributed by atoms with E-state index in [0.717, 1.165) is 0 Å². The third-order valence-corrected chi connectivity index (χ3v) is 4.17. The summed E-state index contributed by atoms with van der Waals surface area (Å²) < 4.78 is 4.79. The normalized spacial score (nSPS) is 15.9. The molecule has 0 amide bonds. The highest BCUT2D eigenvalue weighted by Gasteiger charge is 2.27. The van der Waals surface area contributed by atoms with Crippen molar-refractivity contribution in [1.82, 2.24) is 10.2 Å². The smallest absolute Gasteiger partial charge is 0.308 e. The van der Waals surface area contributed by atoms with E-state index in [0.29, 0.717) is 44.0 Å². The highest BCUT2D eigenvalue weighted by Crippen LogP contribution is 2.20. The Morgan fingerprint density at radius 1 is 1.42 bits per heavy atom. The molecule has 0 aromatic heterocycles. The molecule has 0 aliphatic carbocycles. The van der Waals surface area contributed by atoms with E-state index in [4.69, 9.17) is 4.74 Å². The zero-order valence-corrected chi connectivity index (χ0v) is 13.9. The van der Waals surface area contributed by atoms with Crippen LogP contribution in [0.15, 0.2) is 29.3 Å². The number of guanidine groups is 1. The number of para-hydroxylation sites is 1. The van der Waals surface area contributed by atoms with Gasteiger partial charge in [0, 0.05) is 38.3 Å². The van der Waals surface area contributed by atoms with Gasteiger partial charge in [-0.25, -0.2) is 0 Å². The summed E-state index contributed by atoms with van der Waals surface area (Å²) in [7, 11) is 3.08. The summed E-state index contributed by atoms with van der Waals surface area (Å²) in [5.41, 5.74) is 0.693. The van der Waals surface area contributed by atoms with Crippen molar-refractivity contribution >= 4 is 17.6 Å². The summed E-state index contributed by atoms with van der Waals surface area (Å²) in [6.07, 6.45) is 1.41. The number of esters is 1. The number of carbonyl (C=O) groups excluding carboxylic acids is 1. The molecular weight excluding hydrogens is 312 g/mol. The number of ether oxygens (including phenoxy) is 1. The number of nitrogens with zero attached hydrogens (tertiary/aromatic N) is 3. The Morgan fingerprint density at radius 2 is 2.08 bits per heavy atom. The monoisotopic (exact) mass is 334 g/mol. The molecule has 1 saturated heterocycles. The molecule has 0 bridgehead atoms. The minimum atomic E-state index is -0.387. The average molecular weight is 334 g/mol. The number of methoxy groups -OCH3 is 1. The third kappa shape index (κ3) is 4.21. The predicted octanol–water partition coefficient (Wildman–Crippen LogP) is 1.56. The van der Waals surface area contributed by atoms with Crippen LogP contribution in [0.25, 0.3) is 0 Å². The first-order valence-corrected chi connectivity index (χ1v) is 7.82. The van der Waals surface area contributed by atoms with Crippen LogP contribution in [0.5, 0.6) is 0 Å². The first-order chi connectivity index (χ1) is 11.6. The maximum atomic E-state index is 11.6. The van der Waals surface area contributed by atoms with E-state index in [1.807, 2.05) is 4.90 Å². The molecule has 1 aromatic rings. The van der Waals surface area contributed by atoms with Crippen molar-refractivity contribution < 1.29 is 14.5 Å². The molecule has 8 nitrogen and oxygen atoms in total. The molecule has 2 rings (SSSR count). The lowest BCUT2D eigenvalue weighted by Gasteiger charge is -2.33. The van der Waals surface area contributed by atoms with Crippen molar-refractivity contribution in [3.63, 3.8) is 0 Å². The quantitative estimate of drug-likeness (QED) is 0.295. The summed E-state index contributed by atoms with van der Waals surface area (Å²) in [5, 5.41) is 14.2. The second-order valence-electron chi connectivity index (χ2n) is 5.57. The summed E-state index contributed by atoms with van der Waals surface area (Å²) in [6, 6.07) is 6.63. The molecule has 1 fully saturated rings. The van der Waals surface area contributed by atoms with Crippen LogP contribution in [-0.4, -0.2) is 49.0 Å². The molecule has 1 N–H and O–H groups in total. The van der Waals surface area contributed by atoms with Gasteiger partial charge in [0.1, 0.15) is 0 Å². The third-order valence-electron chi connectivity index (χ3n) is 4.17. The summed E-state index contributed by atoms with van der Waals surface area (Å²) in [6.45, 7) is 1.70. The van der Waals surface area contributed by atoms with Crippen molar-refractivity contribution in [2.45, 2.75) is 19.4 Å². The topological polar surface area (TPSA) is 97.1 Å². The molecule has 0 saturated carbocycles. The number of benzene rings is 1. The number of nitro benzene ring substituents is 1. The molecular formula is C16H22N4O4. The number of rotatable bonds is 4. The van der Waals surface area contributed by atoms with Crippen molar-refractivity contribution in [2.24, 2.45) is 10.9 Å². The second-order valence-corrected chi connectivity index (χ2v) is 5.57. The highest BCUT2D eigenvalue weighted by molar-refractivity contribution is 5.80. The highest BCUT2D eigenvalue weighted by atomic mass is 16.6. The average Bonchev–Trinajstić information content (AvgIpc) is 2.62. The fourth-order valence-corrected chi connectivity index (χ4v) is 2.84. The maximum Gasteiger partial charge on any atom is 0.308 e. The Morgan fingerprint density at radius 3 is 2.67 bits per heavy atom. The molecule has 0 spiro atoms. The van der Waals surface area contributed by atoms with Crippen LogP contribution in [0.1, 0.15) is 18.4 Å². The number of aliphatic imine (C=N–C) groups is 1. The van der Waals surface area contributed by atoms with E-state index in [2.05, 4.69) is 10.3 Å². The van der Waals surface area contributed by atoms with Gasteiger partial charge in [-0.05, 0) is 12.8 Å². The van der Waals surface area contributed by atoms with Crippen molar-refractivity contribution in [3.05, 3.63) is 39.9 Å². The molecule has 1 aliphatic heterocycles. The molecule has 0 unspecified atom stereocenters. The van der Waals surface area contributed by atoms with Gasteiger partial charge in [-0.2, -0.15) is 0 Å². The number of nitro groups is 1. The number of nitrogens with one attached hydrogen (secondary N) is 1. The van der Waals surface area contributed by atoms with E-state index in [9.17, 15) is 14.9 Å². The van der Waals surface area contributed by atoms with Crippen LogP contribution in [0, 0.1) is 16.0 Å². The molecule has 0 atom stereocenters. The Bertz CT molecular complexity index is 624. The minimum absolute atomic E-state index is 0.0698. The standard InChI is InChI=1S/C16H22N4O4/c1-17-16(19-9-7-12(8-10-19)15(21)24-2)18-11-13-5-3-4-6-14(13)20(22)23/h3-6,12H,7-11H2,1-2H3,(H,17,18). The number of hydrogen-bond donors (Lipinski definition) is 1. The summed E-state index contributed by atoms with van der Waals surface area (Å²) >= 11 is 0. The Kier molecular flexibility index (Phi) is 6.11. The molecule has 1 heterocycles. The van der Waals surface area contributed by atoms with Gasteiger partial charge in [-0.3, -0.25) is 19.9 Å². The molecule has 1 aliphatic rings. The van der Waals surface area contributed by atoms with Gasteiger partial charge in [0.2, 0.25) is 0 Å². The van der Waals surface area contributed by atoms with Crippen molar-refractivity contribution in [1.29, 1.82) is 0 Å². The lowest BCUT2D eigenvalue weighted by atomic mass is 9.97. The first kappa shape index (κ1) is 17.7. The number of likely N-dealkylation sites (tertiary alicyclic amines) is 1. The van der Waals surface area contributed by atoms with Gasteiger partial charge >= 0.3 is 5.97 Å². The zero-order valence-electron chi connectivity index (χ0n) is 13.9. The van der Waals surface area contributed by atoms with E-state index in [1.165, 1.54) is 13.2 Å². The van der Waals surface area contributed by atoms with Gasteiger partial charge in [0.25, 0.3) is 5.69 Å². The van der Waals surface area contributed by atoms with E-state index in [-0.39, 0.29) is 22.5 Å². The lowest BCUT2D eigenvalue weighted by Crippen LogP contribution is -2.46. The van der Waals surface area contributed by atoms with E-state index < -0.39 is 0 Å². The molecule has 0 radical (unpaired) electrons. The van der Waals surface area contributed by atoms with Crippen molar-refractivity contribution in [2.75, 3.05) is 27.2 Å². The molecule has 1 aromatic carbocycles. The number of carbonyl (C=O) groups is 1. The number of hydrogen-bond acceptors (Lipinski definition) is 5. The molecule has 24 heavy (non-hydrogen) atoms. The SMILES string of the molecule is CN=C(NCc1ccccc1[N+](=O)[O-])N1CCC(C(=O)OC)CC1. The van der Waals surface area contributed by atoms with Gasteiger partial charge in [0.05, 0.1) is 18.0 Å². The fraction of sp³-hybridized carbons (Fsp3) is 0.500. The summed E-state index contributed by atoms with van der Waals surface area (Å²) in [4.78, 5) is 28.5. The largest absolute Gasteiger partial charge is 0.469 e. The molecule has 8 heteroatoms. The van der Waals surface area contributed by atoms with Gasteiger partial charge < -0.3 is 15.0 Å². The minimum Gasteiger partial charge on any atom is -0.469 e. The predicted molar refractivity (Wildman–Crippen MR) is 89.6 cm³/mol. The van der Waals surface area contributed by atoms with Crippen LogP contribution < -0.4 is 5.32 Å². The zero-order chi connectivity index (χ0) is 17.5. The number of piperidine rings is 1. The summed E-state index contributed by atoms with van der Waals surface area (Å²) in [5.74, 6) is 0.438. The van der Waals surface area contributed by atoms with Gasteiger partial charge in [0.15, 0.2) is 5.96 Å². The van der Waals surface area contributed by atoms with Gasteiger partial charge in [-0.1, -0.05) is 18.2 Å². The van der Waals surface area contributed by atoms with Crippen LogP contribution in [0.4, 0.5) is 5.69 Å². The second kappa shape index (κ2) is 8.28. The Hall–Kier alpha value is -2.64. The fourth-order valence-electron chi connectivity index (χ4n) is 2.84. The van der Waals surface area contributed by atoms with Crippen LogP contribution in [-0.2, 0) is 16.1 Å².